The largest absolute Gasteiger partial charge is 0.0613 e. The molecule has 0 aromatic heterocycles. The molecule has 0 saturated heterocycles. The van der Waals surface area contributed by atoms with Gasteiger partial charge in [0.2, 0.25) is 0 Å². The van der Waals surface area contributed by atoms with Crippen LogP contribution in [-0.2, 0) is 25.7 Å². The summed E-state index contributed by atoms with van der Waals surface area (Å²) in [6, 6.07) is 9.42. The molecule has 0 aliphatic heterocycles. The van der Waals surface area contributed by atoms with Crippen molar-refractivity contribution in [2.75, 3.05) is 0 Å². The third-order valence-electron chi connectivity index (χ3n) is 4.32. The predicted molar refractivity (Wildman–Crippen MR) is 68.0 cm³/mol. The molecule has 80 valence electrons. The van der Waals surface area contributed by atoms with Gasteiger partial charge in [-0.05, 0) is 71.6 Å². The van der Waals surface area contributed by atoms with Crippen LogP contribution in [0.1, 0.15) is 35.1 Å². The Morgan fingerprint density at radius 2 is 1.62 bits per heavy atom. The van der Waals surface area contributed by atoms with Crippen LogP contribution in [0.3, 0.4) is 0 Å². The summed E-state index contributed by atoms with van der Waals surface area (Å²) >= 11 is 0. The number of fused-ring (bicyclic) bond motifs is 2. The third-order valence-corrected chi connectivity index (χ3v) is 4.32. The van der Waals surface area contributed by atoms with Crippen molar-refractivity contribution in [3.63, 3.8) is 0 Å². The molecular weight excluding hydrogens is 192 g/mol. The second-order valence-electron chi connectivity index (χ2n) is 5.22. The van der Waals surface area contributed by atoms with Crippen molar-refractivity contribution in [3.8, 4) is 0 Å². The molecule has 2 aliphatic rings. The minimum absolute atomic E-state index is 1.26. The maximum Gasteiger partial charge on any atom is -0.0117 e. The molecule has 2 aliphatic carbocycles. The van der Waals surface area contributed by atoms with Crippen molar-refractivity contribution in [2.45, 2.75) is 38.5 Å². The lowest BCUT2D eigenvalue weighted by molar-refractivity contribution is 0.689. The van der Waals surface area contributed by atoms with Crippen LogP contribution >= 0.6 is 0 Å². The second kappa shape index (κ2) is 3.10. The summed E-state index contributed by atoms with van der Waals surface area (Å²) in [6.45, 7) is 0. The maximum absolute atomic E-state index is 2.51. The smallest absolute Gasteiger partial charge is 0.0117 e. The number of hydrogen-bond donors (Lipinski definition) is 0. The Bertz CT molecular complexity index is 578. The van der Waals surface area contributed by atoms with E-state index in [4.69, 9.17) is 0 Å². The summed E-state index contributed by atoms with van der Waals surface area (Å²) in [5.74, 6) is 0. The van der Waals surface area contributed by atoms with E-state index >= 15 is 0 Å². The van der Waals surface area contributed by atoms with Crippen LogP contribution in [0.15, 0.2) is 24.3 Å². The first-order valence-corrected chi connectivity index (χ1v) is 6.49. The maximum atomic E-state index is 2.51. The van der Waals surface area contributed by atoms with Gasteiger partial charge in [-0.15, -0.1) is 0 Å². The molecule has 0 atom stereocenters. The van der Waals surface area contributed by atoms with Crippen LogP contribution in [0, 0.1) is 0 Å². The summed E-state index contributed by atoms with van der Waals surface area (Å²) < 4.78 is 0. The Kier molecular flexibility index (Phi) is 1.71. The van der Waals surface area contributed by atoms with Gasteiger partial charge in [-0.25, -0.2) is 0 Å². The highest BCUT2D eigenvalue weighted by Gasteiger charge is 2.20. The Balaban J connectivity index is 2.16. The molecule has 0 heteroatoms. The average molecular weight is 208 g/mol. The first-order chi connectivity index (χ1) is 7.93. The molecule has 0 spiro atoms. The molecule has 0 radical (unpaired) electrons. The second-order valence-corrected chi connectivity index (χ2v) is 5.22. The Labute approximate surface area is 96.3 Å². The van der Waals surface area contributed by atoms with Gasteiger partial charge in [0.25, 0.3) is 0 Å². The highest BCUT2D eigenvalue weighted by atomic mass is 14.2. The molecule has 0 bridgehead atoms. The van der Waals surface area contributed by atoms with E-state index < -0.39 is 0 Å². The highest BCUT2D eigenvalue weighted by Crippen LogP contribution is 2.37. The lowest BCUT2D eigenvalue weighted by Crippen LogP contribution is -2.04. The van der Waals surface area contributed by atoms with Crippen LogP contribution < -0.4 is 0 Å². The van der Waals surface area contributed by atoms with Crippen molar-refractivity contribution in [1.29, 1.82) is 0 Å². The van der Waals surface area contributed by atoms with Crippen molar-refractivity contribution in [3.05, 3.63) is 46.5 Å². The van der Waals surface area contributed by atoms with E-state index in [0.29, 0.717) is 0 Å². The zero-order chi connectivity index (χ0) is 10.5. The van der Waals surface area contributed by atoms with E-state index in [-0.39, 0.29) is 0 Å². The average Bonchev–Trinajstić information content (AvgIpc) is 2.75. The number of hydrogen-bond acceptors (Lipinski definition) is 0. The molecular formula is C16H16. The summed E-state index contributed by atoms with van der Waals surface area (Å²) in [6.07, 6.45) is 7.90. The van der Waals surface area contributed by atoms with Crippen LogP contribution in [0.2, 0.25) is 0 Å². The molecule has 0 N–H and O–H groups in total. The third kappa shape index (κ3) is 1.05. The van der Waals surface area contributed by atoms with Crippen molar-refractivity contribution in [1.82, 2.24) is 0 Å². The molecule has 0 saturated carbocycles. The van der Waals surface area contributed by atoms with Crippen LogP contribution in [0.25, 0.3) is 10.8 Å². The summed E-state index contributed by atoms with van der Waals surface area (Å²) in [4.78, 5) is 0. The molecule has 0 nitrogen and oxygen atoms in total. The predicted octanol–water partition coefficient (Wildman–Crippen LogP) is 3.82. The number of aryl methyl sites for hydroxylation is 4. The van der Waals surface area contributed by atoms with Crippen LogP contribution in [-0.4, -0.2) is 0 Å². The molecule has 2 aromatic carbocycles. The van der Waals surface area contributed by atoms with Gasteiger partial charge in [-0.2, -0.15) is 0 Å². The van der Waals surface area contributed by atoms with Gasteiger partial charge in [0, 0.05) is 0 Å². The van der Waals surface area contributed by atoms with E-state index in [0.717, 1.165) is 0 Å². The van der Waals surface area contributed by atoms with E-state index in [1.54, 1.807) is 33.0 Å². The first kappa shape index (κ1) is 8.81. The monoisotopic (exact) mass is 208 g/mol. The molecule has 0 fully saturated rings. The fourth-order valence-electron chi connectivity index (χ4n) is 3.58. The zero-order valence-corrected chi connectivity index (χ0v) is 9.55. The summed E-state index contributed by atoms with van der Waals surface area (Å²) in [5.41, 5.74) is 6.51. The highest BCUT2D eigenvalue weighted by molar-refractivity contribution is 5.94. The fourth-order valence-corrected chi connectivity index (χ4v) is 3.58. The van der Waals surface area contributed by atoms with E-state index in [1.165, 1.54) is 38.5 Å². The van der Waals surface area contributed by atoms with Gasteiger partial charge < -0.3 is 0 Å². The van der Waals surface area contributed by atoms with Crippen molar-refractivity contribution >= 4 is 10.8 Å². The van der Waals surface area contributed by atoms with Gasteiger partial charge in [0.1, 0.15) is 0 Å². The molecule has 0 heterocycles. The van der Waals surface area contributed by atoms with Gasteiger partial charge in [0.15, 0.2) is 0 Å². The number of benzene rings is 2. The van der Waals surface area contributed by atoms with Gasteiger partial charge in [-0.3, -0.25) is 0 Å². The SMILES string of the molecule is c1cc2c3c(cc4c(c3c1)CCCC4)CC2. The lowest BCUT2D eigenvalue weighted by atomic mass is 9.86. The van der Waals surface area contributed by atoms with E-state index in [9.17, 15) is 0 Å². The normalized spacial score (nSPS) is 17.8. The Morgan fingerprint density at radius 3 is 2.62 bits per heavy atom. The quantitative estimate of drug-likeness (QED) is 0.617. The standard InChI is InChI=1S/C16H16/c1-2-6-14-12(4-1)10-13-9-8-11-5-3-7-15(14)16(11)13/h3,5,7,10H,1-2,4,6,8-9H2. The van der Waals surface area contributed by atoms with Crippen molar-refractivity contribution < 1.29 is 0 Å². The Hall–Kier alpha value is -1.30. The molecule has 0 unspecified atom stereocenters. The van der Waals surface area contributed by atoms with Crippen LogP contribution in [0.4, 0.5) is 0 Å². The summed E-state index contributed by atoms with van der Waals surface area (Å²) in [7, 11) is 0. The topological polar surface area (TPSA) is 0 Å². The van der Waals surface area contributed by atoms with Crippen molar-refractivity contribution in [2.24, 2.45) is 0 Å². The number of rotatable bonds is 0. The molecule has 16 heavy (non-hydrogen) atoms. The lowest BCUT2D eigenvalue weighted by Gasteiger charge is -2.19. The minimum Gasteiger partial charge on any atom is -0.0613 e. The Morgan fingerprint density at radius 1 is 0.750 bits per heavy atom. The fraction of sp³-hybridized carbons (Fsp3) is 0.375. The van der Waals surface area contributed by atoms with Crippen LogP contribution in [0.5, 0.6) is 0 Å². The van der Waals surface area contributed by atoms with E-state index in [2.05, 4.69) is 24.3 Å². The molecule has 0 amide bonds. The first-order valence-electron chi connectivity index (χ1n) is 6.49. The molecule has 2 aromatic rings. The van der Waals surface area contributed by atoms with Gasteiger partial charge in [0.05, 0.1) is 0 Å². The minimum atomic E-state index is 1.26. The zero-order valence-electron chi connectivity index (χ0n) is 9.55. The van der Waals surface area contributed by atoms with E-state index in [1.807, 2.05) is 0 Å². The van der Waals surface area contributed by atoms with Gasteiger partial charge in [-0.1, -0.05) is 24.3 Å². The summed E-state index contributed by atoms with van der Waals surface area (Å²) in [5, 5.41) is 3.17. The van der Waals surface area contributed by atoms with Gasteiger partial charge >= 0.3 is 0 Å². The molecule has 4 rings (SSSR count).